The molecular formula is C14H22N2O2. The van der Waals surface area contributed by atoms with Crippen molar-refractivity contribution in [3.8, 4) is 11.5 Å². The number of phenolic OH excluding ortho intramolecular Hbond substituents is 2. The highest BCUT2D eigenvalue weighted by Gasteiger charge is 2.20. The zero-order valence-electron chi connectivity index (χ0n) is 10.7. The zero-order chi connectivity index (χ0) is 13.0. The third kappa shape index (κ3) is 2.94. The Kier molecular flexibility index (Phi) is 4.44. The van der Waals surface area contributed by atoms with Gasteiger partial charge in [0.15, 0.2) is 11.5 Å². The minimum Gasteiger partial charge on any atom is -0.504 e. The van der Waals surface area contributed by atoms with Crippen LogP contribution in [0.1, 0.15) is 37.3 Å². The molecular weight excluding hydrogens is 228 g/mol. The molecule has 1 saturated heterocycles. The van der Waals surface area contributed by atoms with E-state index in [1.54, 1.807) is 6.07 Å². The number of aromatic hydroxyl groups is 2. The molecule has 0 amide bonds. The van der Waals surface area contributed by atoms with Crippen LogP contribution in [-0.4, -0.2) is 34.7 Å². The van der Waals surface area contributed by atoms with Crippen molar-refractivity contribution >= 4 is 0 Å². The Hall–Kier alpha value is -1.26. The van der Waals surface area contributed by atoms with Crippen LogP contribution in [-0.2, 0) is 0 Å². The summed E-state index contributed by atoms with van der Waals surface area (Å²) in [4.78, 5) is 2.39. The molecule has 0 spiro atoms. The number of hydrogen-bond donors (Lipinski definition) is 3. The summed E-state index contributed by atoms with van der Waals surface area (Å²) < 4.78 is 0. The first-order valence-corrected chi connectivity index (χ1v) is 6.68. The highest BCUT2D eigenvalue weighted by atomic mass is 16.3. The minimum absolute atomic E-state index is 0.0687. The van der Waals surface area contributed by atoms with Gasteiger partial charge in [-0.25, -0.2) is 0 Å². The largest absolute Gasteiger partial charge is 0.504 e. The second-order valence-electron chi connectivity index (χ2n) is 4.95. The predicted molar refractivity (Wildman–Crippen MR) is 71.6 cm³/mol. The van der Waals surface area contributed by atoms with Crippen molar-refractivity contribution in [1.29, 1.82) is 0 Å². The summed E-state index contributed by atoms with van der Waals surface area (Å²) in [6, 6.07) is 5.13. The van der Waals surface area contributed by atoms with Crippen LogP contribution in [0.3, 0.4) is 0 Å². The molecule has 4 heteroatoms. The van der Waals surface area contributed by atoms with Gasteiger partial charge in [-0.2, -0.15) is 0 Å². The minimum atomic E-state index is -0.0783. The fourth-order valence-electron chi connectivity index (χ4n) is 2.65. The number of nitrogens with zero attached hydrogens (tertiary/aromatic N) is 1. The monoisotopic (exact) mass is 250 g/mol. The first-order valence-electron chi connectivity index (χ1n) is 6.68. The van der Waals surface area contributed by atoms with E-state index in [2.05, 4.69) is 4.90 Å². The maximum Gasteiger partial charge on any atom is 0.157 e. The molecule has 1 aliphatic heterocycles. The van der Waals surface area contributed by atoms with Crippen LogP contribution in [0.5, 0.6) is 11.5 Å². The summed E-state index contributed by atoms with van der Waals surface area (Å²) >= 11 is 0. The number of nitrogens with two attached hydrogens (primary N) is 1. The summed E-state index contributed by atoms with van der Waals surface area (Å²) in [6.07, 6.45) is 4.99. The number of rotatable bonds is 3. The molecule has 1 aromatic rings. The van der Waals surface area contributed by atoms with E-state index < -0.39 is 0 Å². The molecule has 0 saturated carbocycles. The summed E-state index contributed by atoms with van der Waals surface area (Å²) in [5.74, 6) is -0.147. The molecule has 18 heavy (non-hydrogen) atoms. The van der Waals surface area contributed by atoms with Gasteiger partial charge in [0.05, 0.1) is 0 Å². The van der Waals surface area contributed by atoms with Crippen LogP contribution in [0.25, 0.3) is 0 Å². The van der Waals surface area contributed by atoms with Gasteiger partial charge in [0.25, 0.3) is 0 Å². The molecule has 0 radical (unpaired) electrons. The maximum atomic E-state index is 9.59. The topological polar surface area (TPSA) is 69.7 Å². The zero-order valence-corrected chi connectivity index (χ0v) is 10.7. The molecule has 1 aliphatic rings. The normalized spacial score (nSPS) is 19.4. The molecule has 0 bridgehead atoms. The number of benzene rings is 1. The van der Waals surface area contributed by atoms with Gasteiger partial charge in [-0.15, -0.1) is 0 Å². The van der Waals surface area contributed by atoms with Gasteiger partial charge >= 0.3 is 0 Å². The third-order valence-corrected chi connectivity index (χ3v) is 3.69. The highest BCUT2D eigenvalue weighted by molar-refractivity contribution is 5.41. The molecule has 1 unspecified atom stereocenters. The SMILES string of the molecule is NCC(c1ccc(O)c(O)c1)N1CCCCCC1. The molecule has 2 rings (SSSR count). The lowest BCUT2D eigenvalue weighted by atomic mass is 10.0. The van der Waals surface area contributed by atoms with E-state index in [1.165, 1.54) is 31.7 Å². The van der Waals surface area contributed by atoms with E-state index in [0.717, 1.165) is 18.7 Å². The van der Waals surface area contributed by atoms with E-state index >= 15 is 0 Å². The Morgan fingerprint density at radius 2 is 1.72 bits per heavy atom. The van der Waals surface area contributed by atoms with E-state index in [-0.39, 0.29) is 17.5 Å². The van der Waals surface area contributed by atoms with Gasteiger partial charge in [0.1, 0.15) is 0 Å². The number of hydrogen-bond acceptors (Lipinski definition) is 4. The van der Waals surface area contributed by atoms with Crippen molar-refractivity contribution in [2.24, 2.45) is 5.73 Å². The van der Waals surface area contributed by atoms with Crippen LogP contribution in [0, 0.1) is 0 Å². The van der Waals surface area contributed by atoms with Crippen LogP contribution in [0.15, 0.2) is 18.2 Å². The summed E-state index contributed by atoms with van der Waals surface area (Å²) in [7, 11) is 0. The molecule has 4 N–H and O–H groups in total. The van der Waals surface area contributed by atoms with Crippen LogP contribution in [0.2, 0.25) is 0 Å². The van der Waals surface area contributed by atoms with E-state index in [9.17, 15) is 10.2 Å². The Morgan fingerprint density at radius 3 is 2.28 bits per heavy atom. The Morgan fingerprint density at radius 1 is 1.06 bits per heavy atom. The fourth-order valence-corrected chi connectivity index (χ4v) is 2.65. The van der Waals surface area contributed by atoms with Crippen molar-refractivity contribution in [3.63, 3.8) is 0 Å². The first kappa shape index (κ1) is 13.2. The van der Waals surface area contributed by atoms with Gasteiger partial charge < -0.3 is 15.9 Å². The van der Waals surface area contributed by atoms with Crippen molar-refractivity contribution in [2.45, 2.75) is 31.7 Å². The highest BCUT2D eigenvalue weighted by Crippen LogP contribution is 2.30. The lowest BCUT2D eigenvalue weighted by molar-refractivity contribution is 0.209. The van der Waals surface area contributed by atoms with Gasteiger partial charge in [-0.05, 0) is 43.6 Å². The number of likely N-dealkylation sites (tertiary alicyclic amines) is 1. The second kappa shape index (κ2) is 6.07. The van der Waals surface area contributed by atoms with Crippen molar-refractivity contribution < 1.29 is 10.2 Å². The molecule has 1 aromatic carbocycles. The van der Waals surface area contributed by atoms with Gasteiger partial charge in [-0.1, -0.05) is 18.9 Å². The average molecular weight is 250 g/mol. The van der Waals surface area contributed by atoms with Gasteiger partial charge in [0.2, 0.25) is 0 Å². The van der Waals surface area contributed by atoms with Gasteiger partial charge in [0, 0.05) is 12.6 Å². The summed E-state index contributed by atoms with van der Waals surface area (Å²) in [5, 5.41) is 18.9. The third-order valence-electron chi connectivity index (χ3n) is 3.69. The molecule has 1 atom stereocenters. The quantitative estimate of drug-likeness (QED) is 0.717. The fraction of sp³-hybridized carbons (Fsp3) is 0.571. The van der Waals surface area contributed by atoms with Crippen molar-refractivity contribution in [3.05, 3.63) is 23.8 Å². The van der Waals surface area contributed by atoms with E-state index in [4.69, 9.17) is 5.73 Å². The Balaban J connectivity index is 2.17. The molecule has 1 fully saturated rings. The van der Waals surface area contributed by atoms with Crippen molar-refractivity contribution in [1.82, 2.24) is 4.90 Å². The van der Waals surface area contributed by atoms with E-state index in [0.29, 0.717) is 6.54 Å². The first-order chi connectivity index (χ1) is 8.72. The smallest absolute Gasteiger partial charge is 0.157 e. The van der Waals surface area contributed by atoms with Gasteiger partial charge in [-0.3, -0.25) is 4.90 Å². The lowest BCUT2D eigenvalue weighted by Crippen LogP contribution is -2.34. The Bertz CT molecular complexity index is 387. The molecule has 100 valence electrons. The maximum absolute atomic E-state index is 9.59. The van der Waals surface area contributed by atoms with E-state index in [1.807, 2.05) is 6.07 Å². The summed E-state index contributed by atoms with van der Waals surface area (Å²) in [6.45, 7) is 2.65. The number of phenols is 2. The molecule has 4 nitrogen and oxygen atoms in total. The molecule has 0 aliphatic carbocycles. The predicted octanol–water partition coefficient (Wildman–Crippen LogP) is 1.97. The second-order valence-corrected chi connectivity index (χ2v) is 4.95. The Labute approximate surface area is 108 Å². The lowest BCUT2D eigenvalue weighted by Gasteiger charge is -2.30. The van der Waals surface area contributed by atoms with Crippen LogP contribution in [0.4, 0.5) is 0 Å². The molecule has 0 aromatic heterocycles. The average Bonchev–Trinajstić information content (AvgIpc) is 2.64. The van der Waals surface area contributed by atoms with Crippen LogP contribution < -0.4 is 5.73 Å². The molecule has 1 heterocycles. The van der Waals surface area contributed by atoms with Crippen LogP contribution >= 0.6 is 0 Å². The summed E-state index contributed by atoms with van der Waals surface area (Å²) in [5.41, 5.74) is 6.87. The standard InChI is InChI=1S/C14H22N2O2/c15-10-12(16-7-3-1-2-4-8-16)11-5-6-13(17)14(18)9-11/h5-6,9,12,17-18H,1-4,7-8,10,15H2. The van der Waals surface area contributed by atoms with Crippen molar-refractivity contribution in [2.75, 3.05) is 19.6 Å².